The van der Waals surface area contributed by atoms with Gasteiger partial charge in [-0.25, -0.2) is 9.78 Å². The van der Waals surface area contributed by atoms with E-state index in [1.165, 1.54) is 21.3 Å². The quantitative estimate of drug-likeness (QED) is 0.475. The van der Waals surface area contributed by atoms with Crippen molar-refractivity contribution in [3.05, 3.63) is 48.0 Å². The molecular weight excluding hydrogens is 448 g/mol. The molecule has 0 spiro atoms. The molecule has 2 aromatic carbocycles. The van der Waals surface area contributed by atoms with Gasteiger partial charge in [-0.1, -0.05) is 31.0 Å². The second kappa shape index (κ2) is 10.6. The smallest absolute Gasteiger partial charge is 0.339 e. The summed E-state index contributed by atoms with van der Waals surface area (Å²) in [6, 6.07) is 12.7. The zero-order valence-electron chi connectivity index (χ0n) is 20.4. The molecule has 0 saturated heterocycles. The molecule has 35 heavy (non-hydrogen) atoms. The number of benzene rings is 2. The number of para-hydroxylation sites is 1. The first kappa shape index (κ1) is 24.3. The Hall–Kier alpha value is -3.81. The maximum atomic E-state index is 13.2. The average Bonchev–Trinajstić information content (AvgIpc) is 3.39. The van der Waals surface area contributed by atoms with Crippen molar-refractivity contribution in [2.45, 2.75) is 44.8 Å². The lowest BCUT2D eigenvalue weighted by molar-refractivity contribution is -0.129. The first-order valence-corrected chi connectivity index (χ1v) is 11.7. The molecule has 1 aliphatic rings. The predicted molar refractivity (Wildman–Crippen MR) is 132 cm³/mol. The van der Waals surface area contributed by atoms with Crippen LogP contribution in [0.3, 0.4) is 0 Å². The Morgan fingerprint density at radius 3 is 2.26 bits per heavy atom. The molecule has 1 unspecified atom stereocenters. The summed E-state index contributed by atoms with van der Waals surface area (Å²) in [5, 5.41) is 3.61. The van der Waals surface area contributed by atoms with Crippen molar-refractivity contribution < 1.29 is 28.5 Å². The number of methoxy groups -OCH3 is 3. The van der Waals surface area contributed by atoms with Crippen molar-refractivity contribution in [1.29, 1.82) is 0 Å². The minimum Gasteiger partial charge on any atom is -0.493 e. The third-order valence-electron chi connectivity index (χ3n) is 6.25. The van der Waals surface area contributed by atoms with Crippen LogP contribution in [0.2, 0.25) is 0 Å². The molecule has 1 atom stereocenters. The summed E-state index contributed by atoms with van der Waals surface area (Å²) >= 11 is 0. The molecule has 1 aliphatic carbocycles. The number of hydrogen-bond donors (Lipinski definition) is 1. The van der Waals surface area contributed by atoms with E-state index in [0.717, 1.165) is 25.7 Å². The third kappa shape index (κ3) is 5.16. The Kier molecular flexibility index (Phi) is 7.39. The minimum atomic E-state index is -0.917. The van der Waals surface area contributed by atoms with Gasteiger partial charge in [-0.3, -0.25) is 4.79 Å². The molecular formula is C27H30N2O6. The summed E-state index contributed by atoms with van der Waals surface area (Å²) in [7, 11) is 4.61. The number of esters is 1. The van der Waals surface area contributed by atoms with Crippen molar-refractivity contribution in [3.8, 4) is 28.5 Å². The number of fused-ring (bicyclic) bond motifs is 1. The minimum absolute atomic E-state index is 0.150. The summed E-state index contributed by atoms with van der Waals surface area (Å²) in [5.41, 5.74) is 2.14. The summed E-state index contributed by atoms with van der Waals surface area (Å²) in [5.74, 6) is 0.525. The maximum Gasteiger partial charge on any atom is 0.339 e. The molecule has 4 rings (SSSR count). The van der Waals surface area contributed by atoms with Crippen LogP contribution in [0.1, 0.15) is 43.0 Å². The summed E-state index contributed by atoms with van der Waals surface area (Å²) < 4.78 is 21.9. The molecule has 1 aromatic heterocycles. The number of nitrogens with zero attached hydrogens (tertiary/aromatic N) is 1. The molecule has 3 aromatic rings. The predicted octanol–water partition coefficient (Wildman–Crippen LogP) is 4.53. The van der Waals surface area contributed by atoms with Gasteiger partial charge < -0.3 is 24.3 Å². The van der Waals surface area contributed by atoms with Gasteiger partial charge >= 0.3 is 5.97 Å². The topological polar surface area (TPSA) is 96.0 Å². The van der Waals surface area contributed by atoms with Crippen LogP contribution in [-0.4, -0.2) is 50.3 Å². The molecule has 1 saturated carbocycles. The molecule has 1 N–H and O–H groups in total. The normalized spacial score (nSPS) is 14.4. The number of ether oxygens (including phenoxy) is 4. The Labute approximate surface area is 204 Å². The first-order chi connectivity index (χ1) is 16.9. The average molecular weight is 479 g/mol. The summed E-state index contributed by atoms with van der Waals surface area (Å²) in [6.07, 6.45) is 3.20. The molecule has 0 aliphatic heterocycles. The Balaban J connectivity index is 1.69. The van der Waals surface area contributed by atoms with Crippen LogP contribution >= 0.6 is 0 Å². The molecule has 8 nitrogen and oxygen atoms in total. The van der Waals surface area contributed by atoms with E-state index in [1.807, 2.05) is 18.2 Å². The second-order valence-electron chi connectivity index (χ2n) is 8.52. The standard InChI is InChI=1S/C27H30N2O6/c1-16(26(30)28-18-9-5-6-10-18)35-27(31)20-15-22(29-21-12-8-7-11-19(20)21)17-13-23(32-2)25(34-4)24(14-17)33-3/h7-8,11-16,18H,5-6,9-10H2,1-4H3,(H,28,30). The number of carbonyl (C=O) groups excluding carboxylic acids is 2. The zero-order chi connectivity index (χ0) is 24.9. The fraction of sp³-hybridized carbons (Fsp3) is 0.370. The fourth-order valence-electron chi connectivity index (χ4n) is 4.39. The van der Waals surface area contributed by atoms with E-state index in [2.05, 4.69) is 5.32 Å². The SMILES string of the molecule is COc1cc(-c2cc(C(=O)OC(C)C(=O)NC3CCCC3)c3ccccc3n2)cc(OC)c1OC. The Morgan fingerprint density at radius 2 is 1.63 bits per heavy atom. The molecule has 1 amide bonds. The molecule has 184 valence electrons. The van der Waals surface area contributed by atoms with Gasteiger partial charge in [0.05, 0.1) is 38.1 Å². The highest BCUT2D eigenvalue weighted by Gasteiger charge is 2.25. The van der Waals surface area contributed by atoms with Gasteiger partial charge in [-0.2, -0.15) is 0 Å². The lowest BCUT2D eigenvalue weighted by Crippen LogP contribution is -2.40. The van der Waals surface area contributed by atoms with Crippen LogP contribution in [0, 0.1) is 0 Å². The molecule has 0 bridgehead atoms. The number of pyridine rings is 1. The van der Waals surface area contributed by atoms with Gasteiger partial charge in [-0.05, 0) is 44.0 Å². The zero-order valence-corrected chi connectivity index (χ0v) is 20.4. The van der Waals surface area contributed by atoms with Gasteiger partial charge in [-0.15, -0.1) is 0 Å². The van der Waals surface area contributed by atoms with Crippen molar-refractivity contribution in [2.24, 2.45) is 0 Å². The number of aromatic nitrogens is 1. The highest BCUT2D eigenvalue weighted by Crippen LogP contribution is 2.41. The van der Waals surface area contributed by atoms with Crippen LogP contribution in [0.5, 0.6) is 17.2 Å². The van der Waals surface area contributed by atoms with Gasteiger partial charge in [0, 0.05) is 17.0 Å². The number of hydrogen-bond acceptors (Lipinski definition) is 7. The molecule has 1 heterocycles. The largest absolute Gasteiger partial charge is 0.493 e. The molecule has 1 fully saturated rings. The van der Waals surface area contributed by atoms with Crippen molar-refractivity contribution in [1.82, 2.24) is 10.3 Å². The van der Waals surface area contributed by atoms with Crippen LogP contribution in [0.15, 0.2) is 42.5 Å². The maximum absolute atomic E-state index is 13.2. The number of rotatable bonds is 8. The number of amides is 1. The van der Waals surface area contributed by atoms with Gasteiger partial charge in [0.25, 0.3) is 5.91 Å². The van der Waals surface area contributed by atoms with E-state index in [-0.39, 0.29) is 11.9 Å². The van der Waals surface area contributed by atoms with Gasteiger partial charge in [0.2, 0.25) is 5.75 Å². The van der Waals surface area contributed by atoms with E-state index >= 15 is 0 Å². The number of nitrogens with one attached hydrogen (secondary N) is 1. The molecule has 0 radical (unpaired) electrons. The van der Waals surface area contributed by atoms with E-state index < -0.39 is 12.1 Å². The van der Waals surface area contributed by atoms with Crippen LogP contribution in [-0.2, 0) is 9.53 Å². The van der Waals surface area contributed by atoms with Crippen molar-refractivity contribution in [2.75, 3.05) is 21.3 Å². The fourth-order valence-corrected chi connectivity index (χ4v) is 4.39. The summed E-state index contributed by atoms with van der Waals surface area (Å²) in [4.78, 5) is 30.6. The Morgan fingerprint density at radius 1 is 0.971 bits per heavy atom. The van der Waals surface area contributed by atoms with Crippen molar-refractivity contribution in [3.63, 3.8) is 0 Å². The van der Waals surface area contributed by atoms with E-state index in [4.69, 9.17) is 23.9 Å². The van der Waals surface area contributed by atoms with E-state index in [0.29, 0.717) is 45.0 Å². The Bertz CT molecular complexity index is 1210. The third-order valence-corrected chi connectivity index (χ3v) is 6.25. The van der Waals surface area contributed by atoms with Gasteiger partial charge in [0.15, 0.2) is 17.6 Å². The monoisotopic (exact) mass is 478 g/mol. The highest BCUT2D eigenvalue weighted by molar-refractivity contribution is 6.05. The van der Waals surface area contributed by atoms with Crippen molar-refractivity contribution >= 4 is 22.8 Å². The first-order valence-electron chi connectivity index (χ1n) is 11.7. The summed E-state index contributed by atoms with van der Waals surface area (Å²) in [6.45, 7) is 1.59. The van der Waals surface area contributed by atoms with Crippen LogP contribution in [0.4, 0.5) is 0 Å². The van der Waals surface area contributed by atoms with E-state index in [9.17, 15) is 9.59 Å². The lowest BCUT2D eigenvalue weighted by Gasteiger charge is -2.18. The second-order valence-corrected chi connectivity index (χ2v) is 8.52. The number of carbonyl (C=O) groups is 2. The van der Waals surface area contributed by atoms with Crippen LogP contribution < -0.4 is 19.5 Å². The lowest BCUT2D eigenvalue weighted by atomic mass is 10.0. The van der Waals surface area contributed by atoms with Gasteiger partial charge in [0.1, 0.15) is 0 Å². The van der Waals surface area contributed by atoms with E-state index in [1.54, 1.807) is 31.2 Å². The molecule has 8 heteroatoms. The highest BCUT2D eigenvalue weighted by atomic mass is 16.5. The van der Waals surface area contributed by atoms with Crippen LogP contribution in [0.25, 0.3) is 22.2 Å².